The first-order chi connectivity index (χ1) is 13.9. The quantitative estimate of drug-likeness (QED) is 0.383. The van der Waals surface area contributed by atoms with Gasteiger partial charge in [-0.15, -0.1) is 0 Å². The minimum atomic E-state index is -1.05. The summed E-state index contributed by atoms with van der Waals surface area (Å²) in [4.78, 5) is 61.8. The fourth-order valence-electron chi connectivity index (χ4n) is 3.29. The molecule has 2 aliphatic rings. The molecule has 1 aromatic rings. The van der Waals surface area contributed by atoms with E-state index in [4.69, 9.17) is 4.74 Å². The average molecular weight is 402 g/mol. The molecule has 1 aromatic carbocycles. The first-order valence-electron chi connectivity index (χ1n) is 9.32. The Morgan fingerprint density at radius 3 is 2.72 bits per heavy atom. The van der Waals surface area contributed by atoms with Crippen molar-refractivity contribution < 1.29 is 28.7 Å². The van der Waals surface area contributed by atoms with Gasteiger partial charge in [0.25, 0.3) is 17.7 Å². The molecule has 2 heterocycles. The lowest BCUT2D eigenvalue weighted by atomic mass is 10.0. The number of hydrogen-bond acceptors (Lipinski definition) is 7. The van der Waals surface area contributed by atoms with Crippen molar-refractivity contribution >= 4 is 29.5 Å². The minimum Gasteiger partial charge on any atom is -0.483 e. The molecule has 1 atom stereocenters. The van der Waals surface area contributed by atoms with Gasteiger partial charge in [-0.25, -0.2) is 0 Å². The molecular weight excluding hydrogens is 380 g/mol. The van der Waals surface area contributed by atoms with Gasteiger partial charge in [-0.1, -0.05) is 6.07 Å². The number of fused-ring (bicyclic) bond motifs is 1. The molecule has 0 spiro atoms. The number of hydrogen-bond donors (Lipinski definition) is 3. The fraction of sp³-hybridized carbons (Fsp3) is 0.421. The van der Waals surface area contributed by atoms with E-state index in [0.717, 1.165) is 17.9 Å². The Bertz CT molecular complexity index is 868. The van der Waals surface area contributed by atoms with Gasteiger partial charge in [0, 0.05) is 13.0 Å². The van der Waals surface area contributed by atoms with Crippen molar-refractivity contribution in [3.63, 3.8) is 0 Å². The maximum Gasteiger partial charge on any atom is 0.266 e. The third-order valence-corrected chi connectivity index (χ3v) is 4.71. The van der Waals surface area contributed by atoms with E-state index in [1.54, 1.807) is 0 Å². The molecule has 10 nitrogen and oxygen atoms in total. The van der Waals surface area contributed by atoms with Crippen molar-refractivity contribution in [3.05, 3.63) is 29.3 Å². The molecule has 0 bridgehead atoms. The summed E-state index contributed by atoms with van der Waals surface area (Å²) in [5, 5.41) is 7.81. The Labute approximate surface area is 166 Å². The summed E-state index contributed by atoms with van der Waals surface area (Å²) >= 11 is 0. The number of ether oxygens (including phenoxy) is 1. The highest BCUT2D eigenvalue weighted by Crippen LogP contribution is 2.33. The van der Waals surface area contributed by atoms with Gasteiger partial charge in [0.15, 0.2) is 6.61 Å². The molecule has 0 aliphatic carbocycles. The molecule has 154 valence electrons. The minimum absolute atomic E-state index is 0.0187. The highest BCUT2D eigenvalue weighted by atomic mass is 16.5. The highest BCUT2D eigenvalue weighted by Gasteiger charge is 2.46. The molecule has 3 N–H and O–H groups in total. The van der Waals surface area contributed by atoms with E-state index >= 15 is 0 Å². The number of piperidine rings is 1. The number of nitrogens with zero attached hydrogens (tertiary/aromatic N) is 1. The third kappa shape index (κ3) is 4.27. The summed E-state index contributed by atoms with van der Waals surface area (Å²) in [6, 6.07) is 3.44. The van der Waals surface area contributed by atoms with Crippen LogP contribution in [0, 0.1) is 0 Å². The van der Waals surface area contributed by atoms with E-state index in [-0.39, 0.29) is 42.2 Å². The van der Waals surface area contributed by atoms with Gasteiger partial charge in [-0.05, 0) is 38.6 Å². The van der Waals surface area contributed by atoms with Crippen molar-refractivity contribution in [1.29, 1.82) is 0 Å². The van der Waals surface area contributed by atoms with E-state index < -0.39 is 29.7 Å². The first kappa shape index (κ1) is 20.5. The Balaban J connectivity index is 1.71. The highest BCUT2D eigenvalue weighted by molar-refractivity contribution is 6.24. The smallest absolute Gasteiger partial charge is 0.266 e. The second-order valence-corrected chi connectivity index (χ2v) is 6.72. The van der Waals surface area contributed by atoms with Gasteiger partial charge in [-0.3, -0.25) is 34.2 Å². The van der Waals surface area contributed by atoms with Gasteiger partial charge in [0.05, 0.1) is 11.1 Å². The summed E-state index contributed by atoms with van der Waals surface area (Å²) < 4.78 is 5.48. The molecule has 3 rings (SSSR count). The Morgan fingerprint density at radius 1 is 1.21 bits per heavy atom. The number of carbonyl (C=O) groups is 5. The van der Waals surface area contributed by atoms with Crippen LogP contribution in [0.1, 0.15) is 40.0 Å². The number of nitrogens with one attached hydrogen (secondary N) is 3. The largest absolute Gasteiger partial charge is 0.483 e. The second kappa shape index (κ2) is 8.82. The average Bonchev–Trinajstić information content (AvgIpc) is 2.95. The third-order valence-electron chi connectivity index (χ3n) is 4.71. The maximum absolute atomic E-state index is 12.9. The van der Waals surface area contributed by atoms with Crippen LogP contribution in [0.5, 0.6) is 5.75 Å². The van der Waals surface area contributed by atoms with Gasteiger partial charge in [-0.2, -0.15) is 0 Å². The van der Waals surface area contributed by atoms with Crippen LogP contribution in [0.2, 0.25) is 0 Å². The lowest BCUT2D eigenvalue weighted by Gasteiger charge is -2.27. The van der Waals surface area contributed by atoms with Crippen LogP contribution in [-0.2, 0) is 14.4 Å². The monoisotopic (exact) mass is 402 g/mol. The number of imide groups is 2. The lowest BCUT2D eigenvalue weighted by Crippen LogP contribution is -2.54. The summed E-state index contributed by atoms with van der Waals surface area (Å²) in [5.41, 5.74) is 0.122. The predicted octanol–water partition coefficient (Wildman–Crippen LogP) is -0.808. The zero-order chi connectivity index (χ0) is 21.0. The molecule has 1 fully saturated rings. The number of benzene rings is 1. The van der Waals surface area contributed by atoms with Gasteiger partial charge in [0.2, 0.25) is 11.8 Å². The van der Waals surface area contributed by atoms with Crippen LogP contribution in [0.25, 0.3) is 0 Å². The summed E-state index contributed by atoms with van der Waals surface area (Å²) in [7, 11) is 1.82. The van der Waals surface area contributed by atoms with E-state index in [0.29, 0.717) is 6.54 Å². The van der Waals surface area contributed by atoms with Crippen LogP contribution < -0.4 is 20.7 Å². The zero-order valence-corrected chi connectivity index (χ0v) is 15.9. The number of amides is 5. The van der Waals surface area contributed by atoms with Crippen LogP contribution in [-0.4, -0.2) is 67.2 Å². The van der Waals surface area contributed by atoms with E-state index in [9.17, 15) is 24.0 Å². The van der Waals surface area contributed by atoms with E-state index in [1.807, 2.05) is 7.05 Å². The summed E-state index contributed by atoms with van der Waals surface area (Å²) in [5.74, 6) is -2.67. The molecule has 1 unspecified atom stereocenters. The van der Waals surface area contributed by atoms with E-state index in [1.165, 1.54) is 18.2 Å². The normalized spacial score (nSPS) is 18.5. The van der Waals surface area contributed by atoms with Crippen molar-refractivity contribution in [3.8, 4) is 5.75 Å². The molecule has 29 heavy (non-hydrogen) atoms. The van der Waals surface area contributed by atoms with Gasteiger partial charge >= 0.3 is 0 Å². The van der Waals surface area contributed by atoms with Gasteiger partial charge < -0.3 is 15.4 Å². The van der Waals surface area contributed by atoms with Crippen LogP contribution in [0.4, 0.5) is 0 Å². The predicted molar refractivity (Wildman–Crippen MR) is 100 cm³/mol. The molecule has 0 radical (unpaired) electrons. The standard InChI is InChI=1S/C19H22N4O6/c1-20-8-3-9-21-15(25)10-29-13-5-2-4-11-16(13)19(28)23(18(11)27)12-6-7-14(24)22-17(12)26/h2,4-5,12,20H,3,6-10H2,1H3,(H,21,25)(H,22,24,26). The van der Waals surface area contributed by atoms with Gasteiger partial charge in [0.1, 0.15) is 11.8 Å². The fourth-order valence-corrected chi connectivity index (χ4v) is 3.29. The summed E-state index contributed by atoms with van der Waals surface area (Å²) in [6.07, 6.45) is 0.874. The Kier molecular flexibility index (Phi) is 6.23. The van der Waals surface area contributed by atoms with Crippen molar-refractivity contribution in [2.75, 3.05) is 26.7 Å². The Hall–Kier alpha value is -3.27. The second-order valence-electron chi connectivity index (χ2n) is 6.72. The molecular formula is C19H22N4O6. The number of carbonyl (C=O) groups excluding carboxylic acids is 5. The topological polar surface area (TPSA) is 134 Å². The molecule has 0 saturated carbocycles. The SMILES string of the molecule is CNCCCNC(=O)COc1cccc2c1C(=O)N(C1CCC(=O)NC1=O)C2=O. The Morgan fingerprint density at radius 2 is 2.00 bits per heavy atom. The van der Waals surface area contributed by atoms with Crippen LogP contribution in [0.15, 0.2) is 18.2 Å². The summed E-state index contributed by atoms with van der Waals surface area (Å²) in [6.45, 7) is 0.937. The maximum atomic E-state index is 12.9. The molecule has 0 aromatic heterocycles. The van der Waals surface area contributed by atoms with Crippen molar-refractivity contribution in [1.82, 2.24) is 20.9 Å². The van der Waals surface area contributed by atoms with Crippen LogP contribution in [0.3, 0.4) is 0 Å². The number of rotatable bonds is 8. The zero-order valence-electron chi connectivity index (χ0n) is 15.9. The van der Waals surface area contributed by atoms with E-state index in [2.05, 4.69) is 16.0 Å². The van der Waals surface area contributed by atoms with Crippen molar-refractivity contribution in [2.24, 2.45) is 0 Å². The van der Waals surface area contributed by atoms with Crippen molar-refractivity contribution in [2.45, 2.75) is 25.3 Å². The molecule has 5 amide bonds. The van der Waals surface area contributed by atoms with Crippen LogP contribution >= 0.6 is 0 Å². The first-order valence-corrected chi connectivity index (χ1v) is 9.32. The molecule has 1 saturated heterocycles. The molecule has 2 aliphatic heterocycles. The molecule has 10 heteroatoms. The lowest BCUT2D eigenvalue weighted by molar-refractivity contribution is -0.136.